The third-order valence-corrected chi connectivity index (χ3v) is 4.37. The Morgan fingerprint density at radius 2 is 2.17 bits per heavy atom. The fraction of sp³-hybridized carbons (Fsp3) is 0.444. The monoisotopic (exact) mass is 313 g/mol. The van der Waals surface area contributed by atoms with Gasteiger partial charge in [-0.2, -0.15) is 0 Å². The van der Waals surface area contributed by atoms with E-state index in [9.17, 15) is 4.79 Å². The summed E-state index contributed by atoms with van der Waals surface area (Å²) in [5.41, 5.74) is 7.72. The van der Waals surface area contributed by atoms with Crippen molar-refractivity contribution < 1.29 is 9.53 Å². The summed E-state index contributed by atoms with van der Waals surface area (Å²) in [6.45, 7) is 1.81. The highest BCUT2D eigenvalue weighted by atomic mass is 16.5. The number of rotatable bonds is 6. The van der Waals surface area contributed by atoms with Gasteiger partial charge >= 0.3 is 0 Å². The van der Waals surface area contributed by atoms with Crippen LogP contribution in [0.2, 0.25) is 0 Å². The highest BCUT2D eigenvalue weighted by molar-refractivity contribution is 5.81. The number of nitrogens with one attached hydrogen (secondary N) is 1. The van der Waals surface area contributed by atoms with Gasteiger partial charge in [0.1, 0.15) is 0 Å². The minimum atomic E-state index is 0.0653. The molecule has 1 aromatic heterocycles. The number of amides is 1. The molecule has 2 atom stereocenters. The molecule has 0 spiro atoms. The van der Waals surface area contributed by atoms with Crippen molar-refractivity contribution in [3.05, 3.63) is 42.1 Å². The van der Waals surface area contributed by atoms with Gasteiger partial charge in [-0.05, 0) is 37.1 Å². The van der Waals surface area contributed by atoms with Crippen LogP contribution in [0.4, 0.5) is 0 Å². The first kappa shape index (κ1) is 15.9. The van der Waals surface area contributed by atoms with Crippen LogP contribution in [0, 0.1) is 5.92 Å². The number of benzene rings is 1. The zero-order valence-corrected chi connectivity index (χ0v) is 13.2. The minimum Gasteiger partial charge on any atom is -0.379 e. The number of carbonyl (C=O) groups is 1. The van der Waals surface area contributed by atoms with Crippen LogP contribution >= 0.6 is 0 Å². The molecule has 3 rings (SSSR count). The Labute approximate surface area is 136 Å². The Morgan fingerprint density at radius 3 is 3.04 bits per heavy atom. The lowest BCUT2D eigenvalue weighted by atomic mass is 9.93. The van der Waals surface area contributed by atoms with Crippen LogP contribution in [0.1, 0.15) is 18.4 Å². The van der Waals surface area contributed by atoms with Crippen LogP contribution in [0.3, 0.4) is 0 Å². The molecule has 122 valence electrons. The van der Waals surface area contributed by atoms with Gasteiger partial charge in [0, 0.05) is 23.9 Å². The minimum absolute atomic E-state index is 0.0653. The van der Waals surface area contributed by atoms with Crippen LogP contribution in [0.5, 0.6) is 0 Å². The molecular formula is C18H23N3O2. The van der Waals surface area contributed by atoms with Crippen molar-refractivity contribution >= 4 is 16.8 Å². The normalized spacial score (nSPS) is 20.7. The smallest absolute Gasteiger partial charge is 0.220 e. The largest absolute Gasteiger partial charge is 0.379 e. The van der Waals surface area contributed by atoms with Crippen LogP contribution in [-0.2, 0) is 16.0 Å². The first-order valence-electron chi connectivity index (χ1n) is 8.17. The summed E-state index contributed by atoms with van der Waals surface area (Å²) in [4.78, 5) is 16.3. The lowest BCUT2D eigenvalue weighted by molar-refractivity contribution is -0.122. The van der Waals surface area contributed by atoms with Gasteiger partial charge in [0.05, 0.1) is 24.8 Å². The van der Waals surface area contributed by atoms with E-state index in [-0.39, 0.29) is 11.9 Å². The Balaban J connectivity index is 1.69. The molecule has 0 aliphatic carbocycles. The van der Waals surface area contributed by atoms with Crippen molar-refractivity contribution in [1.29, 1.82) is 0 Å². The molecule has 0 unspecified atom stereocenters. The third-order valence-electron chi connectivity index (χ3n) is 4.37. The average molecular weight is 313 g/mol. The maximum absolute atomic E-state index is 11.9. The summed E-state index contributed by atoms with van der Waals surface area (Å²) >= 11 is 0. The summed E-state index contributed by atoms with van der Waals surface area (Å²) < 4.78 is 5.60. The van der Waals surface area contributed by atoms with E-state index < -0.39 is 0 Å². The molecule has 0 bridgehead atoms. The van der Waals surface area contributed by atoms with Gasteiger partial charge in [-0.1, -0.05) is 18.2 Å². The number of carbonyl (C=O) groups excluding carboxylic acids is 1. The van der Waals surface area contributed by atoms with Crippen molar-refractivity contribution in [2.24, 2.45) is 11.7 Å². The van der Waals surface area contributed by atoms with Crippen molar-refractivity contribution in [2.75, 3.05) is 19.8 Å². The van der Waals surface area contributed by atoms with Gasteiger partial charge in [0.25, 0.3) is 0 Å². The van der Waals surface area contributed by atoms with E-state index >= 15 is 0 Å². The molecular weight excluding hydrogens is 290 g/mol. The summed E-state index contributed by atoms with van der Waals surface area (Å²) in [5, 5.41) is 4.27. The number of hydrogen-bond donors (Lipinski definition) is 2. The van der Waals surface area contributed by atoms with Crippen LogP contribution in [0.15, 0.2) is 36.5 Å². The first-order valence-corrected chi connectivity index (χ1v) is 8.17. The number of pyridine rings is 1. The maximum atomic E-state index is 11.9. The molecule has 23 heavy (non-hydrogen) atoms. The second-order valence-corrected chi connectivity index (χ2v) is 6.06. The summed E-state index contributed by atoms with van der Waals surface area (Å²) in [7, 11) is 0. The van der Waals surface area contributed by atoms with Gasteiger partial charge in [-0.3, -0.25) is 9.78 Å². The second-order valence-electron chi connectivity index (χ2n) is 6.06. The Bertz CT molecular complexity index is 669. The van der Waals surface area contributed by atoms with Gasteiger partial charge in [-0.25, -0.2) is 0 Å². The fourth-order valence-corrected chi connectivity index (χ4v) is 3.12. The summed E-state index contributed by atoms with van der Waals surface area (Å²) in [5.74, 6) is 0.359. The van der Waals surface area contributed by atoms with Crippen LogP contribution in [0.25, 0.3) is 10.9 Å². The molecule has 1 amide bonds. The number of aromatic nitrogens is 1. The van der Waals surface area contributed by atoms with E-state index in [0.29, 0.717) is 32.1 Å². The highest BCUT2D eigenvalue weighted by Gasteiger charge is 2.29. The lowest BCUT2D eigenvalue weighted by Gasteiger charge is -2.19. The zero-order chi connectivity index (χ0) is 16.1. The molecule has 1 fully saturated rings. The maximum Gasteiger partial charge on any atom is 0.220 e. The lowest BCUT2D eigenvalue weighted by Crippen LogP contribution is -2.40. The van der Waals surface area contributed by atoms with E-state index in [2.05, 4.69) is 22.4 Å². The quantitative estimate of drug-likeness (QED) is 0.850. The molecule has 1 aliphatic heterocycles. The standard InChI is InChI=1S/C18H23N3O2/c19-8-3-6-18(22)21-17-12-23-11-14(17)10-13-7-9-20-16-5-2-1-4-15(13)16/h1-2,4-5,7,9,14,17H,3,6,8,10-12,19H2,(H,21,22)/t14-,17+/m1/s1. The molecule has 2 heterocycles. The predicted octanol–water partition coefficient (Wildman–Crippen LogP) is 1.65. The molecule has 1 saturated heterocycles. The number of nitrogens with zero attached hydrogens (tertiary/aromatic N) is 1. The van der Waals surface area contributed by atoms with Gasteiger partial charge in [-0.15, -0.1) is 0 Å². The van der Waals surface area contributed by atoms with Gasteiger partial charge in [0.15, 0.2) is 0 Å². The zero-order valence-electron chi connectivity index (χ0n) is 13.2. The molecule has 0 saturated carbocycles. The molecule has 5 heteroatoms. The highest BCUT2D eigenvalue weighted by Crippen LogP contribution is 2.24. The van der Waals surface area contributed by atoms with Crippen LogP contribution in [-0.4, -0.2) is 36.7 Å². The Morgan fingerprint density at radius 1 is 1.30 bits per heavy atom. The molecule has 0 radical (unpaired) electrons. The molecule has 1 aromatic carbocycles. The molecule has 3 N–H and O–H groups in total. The predicted molar refractivity (Wildman–Crippen MR) is 90.0 cm³/mol. The molecule has 1 aliphatic rings. The van der Waals surface area contributed by atoms with Crippen molar-refractivity contribution in [2.45, 2.75) is 25.3 Å². The summed E-state index contributed by atoms with van der Waals surface area (Å²) in [6, 6.07) is 10.3. The average Bonchev–Trinajstić information content (AvgIpc) is 3.00. The van der Waals surface area contributed by atoms with Gasteiger partial charge in [0.2, 0.25) is 5.91 Å². The number of hydrogen-bond acceptors (Lipinski definition) is 4. The SMILES string of the molecule is NCCCC(=O)N[C@H]1COC[C@H]1Cc1ccnc2ccccc12. The van der Waals surface area contributed by atoms with E-state index in [1.807, 2.05) is 24.4 Å². The first-order chi connectivity index (χ1) is 11.3. The number of ether oxygens (including phenoxy) is 1. The summed E-state index contributed by atoms with van der Waals surface area (Å²) in [6.07, 6.45) is 3.93. The fourth-order valence-electron chi connectivity index (χ4n) is 3.12. The van der Waals surface area contributed by atoms with E-state index in [1.54, 1.807) is 0 Å². The Hall–Kier alpha value is -1.98. The molecule has 2 aromatic rings. The molecule has 5 nitrogen and oxygen atoms in total. The Kier molecular flexibility index (Phi) is 5.20. The topological polar surface area (TPSA) is 77.2 Å². The van der Waals surface area contributed by atoms with E-state index in [1.165, 1.54) is 10.9 Å². The second kappa shape index (κ2) is 7.53. The third kappa shape index (κ3) is 3.86. The van der Waals surface area contributed by atoms with Crippen molar-refractivity contribution in [1.82, 2.24) is 10.3 Å². The number of fused-ring (bicyclic) bond motifs is 1. The van der Waals surface area contributed by atoms with Crippen molar-refractivity contribution in [3.8, 4) is 0 Å². The number of para-hydroxylation sites is 1. The number of nitrogens with two attached hydrogens (primary N) is 1. The van der Waals surface area contributed by atoms with E-state index in [0.717, 1.165) is 18.4 Å². The van der Waals surface area contributed by atoms with Crippen molar-refractivity contribution in [3.63, 3.8) is 0 Å². The van der Waals surface area contributed by atoms with Gasteiger partial charge < -0.3 is 15.8 Å². The van der Waals surface area contributed by atoms with E-state index in [4.69, 9.17) is 10.5 Å². The van der Waals surface area contributed by atoms with Crippen LogP contribution < -0.4 is 11.1 Å².